The first-order chi connectivity index (χ1) is 9.80. The summed E-state index contributed by atoms with van der Waals surface area (Å²) in [6.45, 7) is 11.4. The predicted octanol–water partition coefficient (Wildman–Crippen LogP) is 2.33. The standard InChI is InChI=1S/C17H33N3/c1-2-19-11-6-16(7-12-19)14-20-13-10-18-17(15-20)8-4-3-5-9-17/h16,18H,2-15H2,1H3. The first-order valence-corrected chi connectivity index (χ1v) is 8.99. The first kappa shape index (κ1) is 14.8. The summed E-state index contributed by atoms with van der Waals surface area (Å²) in [5.41, 5.74) is 0.487. The first-order valence-electron chi connectivity index (χ1n) is 8.99. The van der Waals surface area contributed by atoms with E-state index >= 15 is 0 Å². The van der Waals surface area contributed by atoms with Gasteiger partial charge in [0.15, 0.2) is 0 Å². The maximum Gasteiger partial charge on any atom is 0.0309 e. The van der Waals surface area contributed by atoms with E-state index in [1.807, 2.05) is 0 Å². The lowest BCUT2D eigenvalue weighted by atomic mass is 9.80. The fraction of sp³-hybridized carbons (Fsp3) is 1.00. The Hall–Kier alpha value is -0.120. The largest absolute Gasteiger partial charge is 0.309 e. The third-order valence-corrected chi connectivity index (χ3v) is 5.94. The molecule has 0 unspecified atom stereocenters. The third kappa shape index (κ3) is 3.55. The summed E-state index contributed by atoms with van der Waals surface area (Å²) in [4.78, 5) is 5.39. The van der Waals surface area contributed by atoms with Crippen molar-refractivity contribution >= 4 is 0 Å². The molecule has 116 valence electrons. The van der Waals surface area contributed by atoms with E-state index in [2.05, 4.69) is 22.0 Å². The van der Waals surface area contributed by atoms with Crippen LogP contribution in [0.5, 0.6) is 0 Å². The van der Waals surface area contributed by atoms with E-state index in [-0.39, 0.29) is 0 Å². The molecule has 0 atom stereocenters. The van der Waals surface area contributed by atoms with E-state index < -0.39 is 0 Å². The number of hydrogen-bond acceptors (Lipinski definition) is 3. The van der Waals surface area contributed by atoms with E-state index in [0.29, 0.717) is 5.54 Å². The number of rotatable bonds is 3. The predicted molar refractivity (Wildman–Crippen MR) is 85.1 cm³/mol. The van der Waals surface area contributed by atoms with Gasteiger partial charge in [-0.15, -0.1) is 0 Å². The molecule has 3 nitrogen and oxygen atoms in total. The fourth-order valence-corrected chi connectivity index (χ4v) is 4.61. The molecule has 2 saturated heterocycles. The van der Waals surface area contributed by atoms with E-state index in [1.165, 1.54) is 90.8 Å². The Morgan fingerprint density at radius 1 is 1.00 bits per heavy atom. The van der Waals surface area contributed by atoms with Crippen LogP contribution in [0.2, 0.25) is 0 Å². The van der Waals surface area contributed by atoms with Gasteiger partial charge in [-0.05, 0) is 51.2 Å². The Labute approximate surface area is 125 Å². The van der Waals surface area contributed by atoms with Crippen LogP contribution in [0, 0.1) is 5.92 Å². The molecule has 0 amide bonds. The lowest BCUT2D eigenvalue weighted by Gasteiger charge is -2.47. The molecule has 3 heteroatoms. The molecule has 0 aromatic carbocycles. The fourth-order valence-electron chi connectivity index (χ4n) is 4.61. The second-order valence-electron chi connectivity index (χ2n) is 7.38. The zero-order valence-corrected chi connectivity index (χ0v) is 13.4. The van der Waals surface area contributed by atoms with E-state index in [4.69, 9.17) is 0 Å². The average Bonchev–Trinajstić information content (AvgIpc) is 2.49. The molecule has 0 radical (unpaired) electrons. The van der Waals surface area contributed by atoms with Crippen LogP contribution >= 0.6 is 0 Å². The minimum Gasteiger partial charge on any atom is -0.309 e. The quantitative estimate of drug-likeness (QED) is 0.855. The van der Waals surface area contributed by atoms with Crippen LogP contribution < -0.4 is 5.32 Å². The van der Waals surface area contributed by atoms with Crippen molar-refractivity contribution in [3.8, 4) is 0 Å². The maximum atomic E-state index is 3.87. The summed E-state index contributed by atoms with van der Waals surface area (Å²) in [5.74, 6) is 0.955. The Morgan fingerprint density at radius 2 is 1.75 bits per heavy atom. The van der Waals surface area contributed by atoms with Gasteiger partial charge in [-0.3, -0.25) is 4.90 Å². The lowest BCUT2D eigenvalue weighted by molar-refractivity contribution is 0.0732. The van der Waals surface area contributed by atoms with Crippen LogP contribution in [0.4, 0.5) is 0 Å². The minimum absolute atomic E-state index is 0.487. The molecular weight excluding hydrogens is 246 g/mol. The molecule has 2 aliphatic heterocycles. The summed E-state index contributed by atoms with van der Waals surface area (Å²) in [6.07, 6.45) is 10.0. The lowest BCUT2D eigenvalue weighted by Crippen LogP contribution is -2.61. The Morgan fingerprint density at radius 3 is 2.45 bits per heavy atom. The van der Waals surface area contributed by atoms with Crippen molar-refractivity contribution in [2.75, 3.05) is 45.8 Å². The van der Waals surface area contributed by atoms with Crippen molar-refractivity contribution in [3.05, 3.63) is 0 Å². The van der Waals surface area contributed by atoms with Crippen LogP contribution in [0.1, 0.15) is 51.9 Å². The highest BCUT2D eigenvalue weighted by Crippen LogP contribution is 2.31. The number of nitrogens with one attached hydrogen (secondary N) is 1. The number of nitrogens with zero attached hydrogens (tertiary/aromatic N) is 2. The van der Waals surface area contributed by atoms with Crippen LogP contribution in [0.25, 0.3) is 0 Å². The molecule has 1 spiro atoms. The van der Waals surface area contributed by atoms with Gasteiger partial charge in [0.2, 0.25) is 0 Å². The van der Waals surface area contributed by atoms with Gasteiger partial charge < -0.3 is 10.2 Å². The second-order valence-corrected chi connectivity index (χ2v) is 7.38. The Balaban J connectivity index is 1.48. The van der Waals surface area contributed by atoms with Crippen LogP contribution in [0.3, 0.4) is 0 Å². The van der Waals surface area contributed by atoms with Crippen molar-refractivity contribution in [2.45, 2.75) is 57.4 Å². The van der Waals surface area contributed by atoms with Gasteiger partial charge in [0, 0.05) is 31.7 Å². The van der Waals surface area contributed by atoms with Gasteiger partial charge in [0.05, 0.1) is 0 Å². The highest BCUT2D eigenvalue weighted by atomic mass is 15.2. The Bertz CT molecular complexity index is 285. The monoisotopic (exact) mass is 279 g/mol. The summed E-state index contributed by atoms with van der Waals surface area (Å²) in [6, 6.07) is 0. The number of piperidine rings is 1. The average molecular weight is 279 g/mol. The summed E-state index contributed by atoms with van der Waals surface area (Å²) in [7, 11) is 0. The molecular formula is C17H33N3. The molecule has 1 N–H and O–H groups in total. The molecule has 0 aromatic rings. The summed E-state index contributed by atoms with van der Waals surface area (Å²) < 4.78 is 0. The smallest absolute Gasteiger partial charge is 0.0309 e. The highest BCUT2D eigenvalue weighted by molar-refractivity contribution is 4.97. The molecule has 3 aliphatic rings. The number of hydrogen-bond donors (Lipinski definition) is 1. The van der Waals surface area contributed by atoms with Gasteiger partial charge in [0.25, 0.3) is 0 Å². The van der Waals surface area contributed by atoms with Crippen molar-refractivity contribution < 1.29 is 0 Å². The molecule has 0 bridgehead atoms. The Kier molecular flexibility index (Phi) is 5.00. The topological polar surface area (TPSA) is 18.5 Å². The van der Waals surface area contributed by atoms with Crippen molar-refractivity contribution in [2.24, 2.45) is 5.92 Å². The van der Waals surface area contributed by atoms with Gasteiger partial charge >= 0.3 is 0 Å². The van der Waals surface area contributed by atoms with Gasteiger partial charge in [-0.25, -0.2) is 0 Å². The van der Waals surface area contributed by atoms with Crippen LogP contribution in [-0.4, -0.2) is 61.2 Å². The van der Waals surface area contributed by atoms with Crippen LogP contribution in [-0.2, 0) is 0 Å². The molecule has 0 aromatic heterocycles. The molecule has 3 fully saturated rings. The number of likely N-dealkylation sites (tertiary alicyclic amines) is 1. The number of piperazine rings is 1. The van der Waals surface area contributed by atoms with Crippen molar-refractivity contribution in [1.82, 2.24) is 15.1 Å². The van der Waals surface area contributed by atoms with E-state index in [1.54, 1.807) is 0 Å². The summed E-state index contributed by atoms with van der Waals surface area (Å²) in [5, 5.41) is 3.87. The zero-order valence-electron chi connectivity index (χ0n) is 13.4. The van der Waals surface area contributed by atoms with E-state index in [9.17, 15) is 0 Å². The normalized spacial score (nSPS) is 29.9. The molecule has 1 saturated carbocycles. The molecule has 2 heterocycles. The van der Waals surface area contributed by atoms with Gasteiger partial charge in [-0.2, -0.15) is 0 Å². The van der Waals surface area contributed by atoms with Gasteiger partial charge in [0.1, 0.15) is 0 Å². The maximum absolute atomic E-state index is 3.87. The SMILES string of the molecule is CCN1CCC(CN2CCNC3(CCCCC3)C2)CC1. The van der Waals surface area contributed by atoms with Gasteiger partial charge in [-0.1, -0.05) is 26.2 Å². The highest BCUT2D eigenvalue weighted by Gasteiger charge is 2.36. The zero-order chi connectivity index (χ0) is 13.8. The van der Waals surface area contributed by atoms with Crippen molar-refractivity contribution in [1.29, 1.82) is 0 Å². The van der Waals surface area contributed by atoms with Crippen molar-refractivity contribution in [3.63, 3.8) is 0 Å². The minimum atomic E-state index is 0.487. The second kappa shape index (κ2) is 6.76. The van der Waals surface area contributed by atoms with E-state index in [0.717, 1.165) is 5.92 Å². The third-order valence-electron chi connectivity index (χ3n) is 5.94. The molecule has 20 heavy (non-hydrogen) atoms. The van der Waals surface area contributed by atoms with Crippen LogP contribution in [0.15, 0.2) is 0 Å². The molecule has 1 aliphatic carbocycles. The summed E-state index contributed by atoms with van der Waals surface area (Å²) >= 11 is 0. The molecule has 3 rings (SSSR count).